The van der Waals surface area contributed by atoms with E-state index in [2.05, 4.69) is 22.9 Å². The second-order valence-electron chi connectivity index (χ2n) is 9.22. The monoisotopic (exact) mass is 413 g/mol. The van der Waals surface area contributed by atoms with Gasteiger partial charge in [-0.15, -0.1) is 0 Å². The molecular formula is C22H28FN5O2. The predicted octanol–water partition coefficient (Wildman–Crippen LogP) is 2.53. The Morgan fingerprint density at radius 1 is 1.40 bits per heavy atom. The maximum Gasteiger partial charge on any atom is 0.329 e. The van der Waals surface area contributed by atoms with Crippen LogP contribution in [0, 0.1) is 29.5 Å². The van der Waals surface area contributed by atoms with E-state index in [0.717, 1.165) is 25.8 Å². The highest BCUT2D eigenvalue weighted by Crippen LogP contribution is 2.41. The summed E-state index contributed by atoms with van der Waals surface area (Å²) in [5, 5.41) is 9.04. The lowest BCUT2D eigenvalue weighted by atomic mass is 9.89. The molecule has 0 bridgehead atoms. The minimum Gasteiger partial charge on any atom is -0.368 e. The Bertz CT molecular complexity index is 1140. The fourth-order valence-electron chi connectivity index (χ4n) is 4.95. The standard InChI is InChI=1S/C22H28FN5O2/c1-14-18-16(20(29)25-21(30)28(18)15-5-6-15)11-17(23)19(14)27-10-7-22(2,13-27)12-26(3)9-4-8-24/h11,15H,4-7,9-10,12-13H2,1-3H3,(H,25,29,30). The molecule has 1 saturated heterocycles. The summed E-state index contributed by atoms with van der Waals surface area (Å²) in [6.07, 6.45) is 3.18. The molecule has 2 heterocycles. The molecular weight excluding hydrogens is 385 g/mol. The van der Waals surface area contributed by atoms with Crippen LogP contribution >= 0.6 is 0 Å². The molecule has 7 nitrogen and oxygen atoms in total. The number of benzene rings is 1. The Morgan fingerprint density at radius 3 is 2.80 bits per heavy atom. The molecule has 1 N–H and O–H groups in total. The third-order valence-corrected chi connectivity index (χ3v) is 6.43. The van der Waals surface area contributed by atoms with E-state index in [4.69, 9.17) is 5.26 Å². The molecule has 160 valence electrons. The van der Waals surface area contributed by atoms with E-state index in [1.165, 1.54) is 6.07 Å². The Balaban J connectivity index is 1.72. The van der Waals surface area contributed by atoms with Crippen molar-refractivity contribution >= 4 is 16.6 Å². The van der Waals surface area contributed by atoms with E-state index in [1.807, 2.05) is 18.9 Å². The first-order chi connectivity index (χ1) is 14.2. The number of fused-ring (bicyclic) bond motifs is 1. The van der Waals surface area contributed by atoms with Crippen molar-refractivity contribution in [2.45, 2.75) is 45.6 Å². The molecule has 1 aliphatic carbocycles. The van der Waals surface area contributed by atoms with E-state index in [9.17, 15) is 9.59 Å². The Kier molecular flexibility index (Phi) is 5.18. The number of aromatic nitrogens is 2. The molecule has 1 atom stereocenters. The van der Waals surface area contributed by atoms with Gasteiger partial charge in [0, 0.05) is 44.2 Å². The maximum absolute atomic E-state index is 15.2. The number of nitriles is 1. The summed E-state index contributed by atoms with van der Waals surface area (Å²) in [6.45, 7) is 6.94. The molecule has 0 amide bonds. The summed E-state index contributed by atoms with van der Waals surface area (Å²) in [5.41, 5.74) is 0.726. The van der Waals surface area contributed by atoms with Gasteiger partial charge in [0.15, 0.2) is 0 Å². The second kappa shape index (κ2) is 7.55. The molecule has 30 heavy (non-hydrogen) atoms. The van der Waals surface area contributed by atoms with Gasteiger partial charge in [-0.05, 0) is 44.7 Å². The van der Waals surface area contributed by atoms with E-state index < -0.39 is 17.1 Å². The van der Waals surface area contributed by atoms with E-state index in [0.29, 0.717) is 42.8 Å². The van der Waals surface area contributed by atoms with Crippen molar-refractivity contribution in [2.75, 3.05) is 38.1 Å². The SMILES string of the molecule is Cc1c(N2CCC(C)(CN(C)CCC#N)C2)c(F)cc2c(=O)[nH]c(=O)n(C3CC3)c12. The number of anilines is 1. The highest BCUT2D eigenvalue weighted by Gasteiger charge is 2.37. The average molecular weight is 413 g/mol. The molecule has 4 rings (SSSR count). The average Bonchev–Trinajstić information content (AvgIpc) is 3.44. The summed E-state index contributed by atoms with van der Waals surface area (Å²) < 4.78 is 16.9. The lowest BCUT2D eigenvalue weighted by molar-refractivity contribution is 0.214. The van der Waals surface area contributed by atoms with Crippen LogP contribution in [-0.2, 0) is 0 Å². The second-order valence-corrected chi connectivity index (χ2v) is 9.22. The van der Waals surface area contributed by atoms with Crippen LogP contribution in [0.3, 0.4) is 0 Å². The number of nitrogens with one attached hydrogen (secondary N) is 1. The van der Waals surface area contributed by atoms with Gasteiger partial charge in [-0.3, -0.25) is 14.3 Å². The van der Waals surface area contributed by atoms with Crippen molar-refractivity contribution in [2.24, 2.45) is 5.41 Å². The van der Waals surface area contributed by atoms with Crippen molar-refractivity contribution in [3.8, 4) is 6.07 Å². The molecule has 1 aliphatic heterocycles. The van der Waals surface area contributed by atoms with Crippen molar-refractivity contribution in [3.63, 3.8) is 0 Å². The normalized spacial score (nSPS) is 21.5. The van der Waals surface area contributed by atoms with Crippen LogP contribution < -0.4 is 16.1 Å². The number of hydrogen-bond donors (Lipinski definition) is 1. The van der Waals surface area contributed by atoms with Crippen molar-refractivity contribution in [1.29, 1.82) is 5.26 Å². The predicted molar refractivity (Wildman–Crippen MR) is 114 cm³/mol. The zero-order valence-electron chi connectivity index (χ0n) is 17.8. The van der Waals surface area contributed by atoms with E-state index in [1.54, 1.807) is 4.57 Å². The van der Waals surface area contributed by atoms with Crippen LogP contribution in [0.25, 0.3) is 10.9 Å². The fourth-order valence-corrected chi connectivity index (χ4v) is 4.95. The van der Waals surface area contributed by atoms with Gasteiger partial charge in [0.2, 0.25) is 0 Å². The minimum absolute atomic E-state index is 0.0254. The quantitative estimate of drug-likeness (QED) is 0.787. The summed E-state index contributed by atoms with van der Waals surface area (Å²) in [6, 6.07) is 3.53. The smallest absolute Gasteiger partial charge is 0.329 e. The van der Waals surface area contributed by atoms with Crippen molar-refractivity contribution in [3.05, 3.63) is 38.3 Å². The van der Waals surface area contributed by atoms with Gasteiger partial charge in [-0.2, -0.15) is 5.26 Å². The molecule has 2 aromatic rings. The fraction of sp³-hybridized carbons (Fsp3) is 0.591. The number of hydrogen-bond acceptors (Lipinski definition) is 5. The van der Waals surface area contributed by atoms with Gasteiger partial charge in [-0.25, -0.2) is 9.18 Å². The Labute approximate surface area is 174 Å². The van der Waals surface area contributed by atoms with Gasteiger partial charge in [-0.1, -0.05) is 6.92 Å². The number of rotatable bonds is 6. The summed E-state index contributed by atoms with van der Waals surface area (Å²) in [5.74, 6) is -0.423. The molecule has 1 saturated carbocycles. The van der Waals surface area contributed by atoms with Gasteiger partial charge in [0.1, 0.15) is 5.82 Å². The van der Waals surface area contributed by atoms with Crippen LogP contribution in [0.4, 0.5) is 10.1 Å². The lowest BCUT2D eigenvalue weighted by Crippen LogP contribution is -2.37. The van der Waals surface area contributed by atoms with Crippen LogP contribution in [-0.4, -0.2) is 47.7 Å². The lowest BCUT2D eigenvalue weighted by Gasteiger charge is -2.31. The number of halogens is 1. The zero-order valence-corrected chi connectivity index (χ0v) is 17.8. The maximum atomic E-state index is 15.2. The summed E-state index contributed by atoms with van der Waals surface area (Å²) in [4.78, 5) is 31.4. The molecule has 1 aromatic heterocycles. The first-order valence-electron chi connectivity index (χ1n) is 10.5. The van der Waals surface area contributed by atoms with Crippen LogP contribution in [0.2, 0.25) is 0 Å². The van der Waals surface area contributed by atoms with Crippen molar-refractivity contribution < 1.29 is 4.39 Å². The zero-order chi connectivity index (χ0) is 21.6. The summed E-state index contributed by atoms with van der Waals surface area (Å²) in [7, 11) is 2.01. The number of aromatic amines is 1. The van der Waals surface area contributed by atoms with E-state index in [-0.39, 0.29) is 16.8 Å². The first kappa shape index (κ1) is 20.6. The van der Waals surface area contributed by atoms with Gasteiger partial charge in [0.25, 0.3) is 5.56 Å². The third-order valence-electron chi connectivity index (χ3n) is 6.43. The molecule has 2 fully saturated rings. The molecule has 2 aliphatic rings. The molecule has 1 aromatic carbocycles. The Morgan fingerprint density at radius 2 is 2.13 bits per heavy atom. The van der Waals surface area contributed by atoms with Crippen LogP contribution in [0.5, 0.6) is 0 Å². The van der Waals surface area contributed by atoms with Crippen molar-refractivity contribution in [1.82, 2.24) is 14.5 Å². The first-order valence-corrected chi connectivity index (χ1v) is 10.5. The molecule has 8 heteroatoms. The topological polar surface area (TPSA) is 85.1 Å². The molecule has 0 radical (unpaired) electrons. The summed E-state index contributed by atoms with van der Waals surface area (Å²) >= 11 is 0. The van der Waals surface area contributed by atoms with Gasteiger partial charge < -0.3 is 9.80 Å². The largest absolute Gasteiger partial charge is 0.368 e. The number of nitrogens with zero attached hydrogens (tertiary/aromatic N) is 4. The van der Waals surface area contributed by atoms with E-state index >= 15 is 4.39 Å². The van der Waals surface area contributed by atoms with Gasteiger partial charge >= 0.3 is 5.69 Å². The van der Waals surface area contributed by atoms with Crippen LogP contribution in [0.15, 0.2) is 15.7 Å². The molecule has 1 unspecified atom stereocenters. The molecule has 0 spiro atoms. The number of aryl methyl sites for hydroxylation is 1. The van der Waals surface area contributed by atoms with Crippen LogP contribution in [0.1, 0.15) is 44.2 Å². The minimum atomic E-state index is -0.536. The highest BCUT2D eigenvalue weighted by atomic mass is 19.1. The van der Waals surface area contributed by atoms with Gasteiger partial charge in [0.05, 0.1) is 22.7 Å². The third kappa shape index (κ3) is 3.63. The Hall–Kier alpha value is -2.66. The number of H-pyrrole nitrogens is 1. The highest BCUT2D eigenvalue weighted by molar-refractivity contribution is 5.87.